The lowest BCUT2D eigenvalue weighted by Crippen LogP contribution is -3.00. The van der Waals surface area contributed by atoms with Crippen LogP contribution in [0, 0.1) is 0 Å². The van der Waals surface area contributed by atoms with Crippen LogP contribution in [0.4, 0.5) is 0 Å². The van der Waals surface area contributed by atoms with Gasteiger partial charge in [0.15, 0.2) is 6.10 Å². The van der Waals surface area contributed by atoms with Crippen molar-refractivity contribution in [2.24, 2.45) is 0 Å². The monoisotopic (exact) mass is 167 g/mol. The number of aliphatic hydroxyl groups is 1. The second kappa shape index (κ2) is 3.05. The van der Waals surface area contributed by atoms with Crippen molar-refractivity contribution in [2.45, 2.75) is 12.3 Å². The van der Waals surface area contributed by atoms with Gasteiger partial charge in [0.1, 0.15) is 0 Å². The molecule has 0 aromatic heterocycles. The van der Waals surface area contributed by atoms with Gasteiger partial charge in [-0.05, 0) is 0 Å². The maximum Gasteiger partial charge on any atom is 0.222 e. The lowest BCUT2D eigenvalue weighted by molar-refractivity contribution is -0.892. The lowest BCUT2D eigenvalue weighted by atomic mass is 10.4. The van der Waals surface area contributed by atoms with Gasteiger partial charge in [-0.1, -0.05) is 0 Å². The van der Waals surface area contributed by atoms with Gasteiger partial charge in [-0.2, -0.15) is 0 Å². The van der Waals surface area contributed by atoms with E-state index in [1.807, 2.05) is 0 Å². The summed E-state index contributed by atoms with van der Waals surface area (Å²) in [7, 11) is 6.17. The highest BCUT2D eigenvalue weighted by Gasteiger charge is 2.49. The van der Waals surface area contributed by atoms with Gasteiger partial charge >= 0.3 is 0 Å². The molecule has 4 heteroatoms. The van der Waals surface area contributed by atoms with Gasteiger partial charge in [0.05, 0.1) is 27.7 Å². The average Bonchev–Trinajstić information content (AvgIpc) is 2.39. The molecule has 2 atom stereocenters. The molecule has 10 heavy (non-hydrogen) atoms. The Balaban J connectivity index is 0.000000810. The summed E-state index contributed by atoms with van der Waals surface area (Å²) < 4.78 is 5.94. The molecule has 1 aliphatic heterocycles. The van der Waals surface area contributed by atoms with Crippen LogP contribution in [-0.4, -0.2) is 49.7 Å². The Bertz CT molecular complexity index is 113. The number of likely N-dealkylation sites (N-methyl/N-ethyl adjacent to an activating group) is 1. The fourth-order valence-electron chi connectivity index (χ4n) is 0.948. The van der Waals surface area contributed by atoms with Crippen molar-refractivity contribution < 1.29 is 26.7 Å². The molecule has 1 aliphatic rings. The van der Waals surface area contributed by atoms with Crippen molar-refractivity contribution in [2.75, 3.05) is 27.7 Å². The Morgan fingerprint density at radius 2 is 1.90 bits per heavy atom. The molecule has 1 saturated heterocycles. The molecular formula is C6H14ClNO2. The first-order chi connectivity index (χ1) is 4.05. The highest BCUT2D eigenvalue weighted by molar-refractivity contribution is 4.74. The summed E-state index contributed by atoms with van der Waals surface area (Å²) in [6.07, 6.45) is 0.306. The Kier molecular flexibility index (Phi) is 3.10. The summed E-state index contributed by atoms with van der Waals surface area (Å²) in [5, 5.41) is 8.60. The van der Waals surface area contributed by atoms with Gasteiger partial charge in [-0.3, -0.25) is 0 Å². The smallest absolute Gasteiger partial charge is 0.222 e. The molecular weight excluding hydrogens is 154 g/mol. The molecule has 2 unspecified atom stereocenters. The number of halogens is 1. The van der Waals surface area contributed by atoms with E-state index in [2.05, 4.69) is 21.1 Å². The third-order valence-corrected chi connectivity index (χ3v) is 1.50. The molecule has 0 radical (unpaired) electrons. The standard InChI is InChI=1S/C6H14NO2.ClH/c1-7(2,3)6-5(4-8)9-6;/h5-6,8H,4H2,1-3H3;1H/q+1;/p-1. The normalized spacial score (nSPS) is 31.2. The minimum absolute atomic E-state index is 0. The lowest BCUT2D eigenvalue weighted by Gasteiger charge is -2.20. The fourth-order valence-corrected chi connectivity index (χ4v) is 0.948. The molecule has 0 bridgehead atoms. The van der Waals surface area contributed by atoms with Crippen molar-refractivity contribution in [3.05, 3.63) is 0 Å². The number of rotatable bonds is 2. The predicted molar refractivity (Wildman–Crippen MR) is 33.8 cm³/mol. The van der Waals surface area contributed by atoms with Crippen LogP contribution in [0.3, 0.4) is 0 Å². The minimum atomic E-state index is 0. The van der Waals surface area contributed by atoms with Gasteiger partial charge in [0.25, 0.3) is 0 Å². The van der Waals surface area contributed by atoms with Crippen molar-refractivity contribution in [1.29, 1.82) is 0 Å². The molecule has 0 aliphatic carbocycles. The number of nitrogens with zero attached hydrogens (tertiary/aromatic N) is 1. The van der Waals surface area contributed by atoms with Gasteiger partial charge in [0.2, 0.25) is 6.23 Å². The topological polar surface area (TPSA) is 32.8 Å². The summed E-state index contributed by atoms with van der Waals surface area (Å²) in [5.74, 6) is 0. The Labute approximate surface area is 67.6 Å². The van der Waals surface area contributed by atoms with E-state index in [9.17, 15) is 0 Å². The molecule has 0 spiro atoms. The zero-order valence-electron chi connectivity index (χ0n) is 6.54. The van der Waals surface area contributed by atoms with Crippen LogP contribution in [0.2, 0.25) is 0 Å². The highest BCUT2D eigenvalue weighted by Crippen LogP contribution is 2.26. The molecule has 1 rings (SSSR count). The van der Waals surface area contributed by atoms with E-state index in [0.717, 1.165) is 4.48 Å². The molecule has 0 amide bonds. The molecule has 0 aromatic rings. The van der Waals surface area contributed by atoms with Crippen molar-refractivity contribution in [3.8, 4) is 0 Å². The van der Waals surface area contributed by atoms with Crippen LogP contribution < -0.4 is 12.4 Å². The number of epoxide rings is 1. The molecule has 0 saturated carbocycles. The number of hydrogen-bond donors (Lipinski definition) is 1. The van der Waals surface area contributed by atoms with E-state index in [1.54, 1.807) is 0 Å². The molecule has 62 valence electrons. The molecule has 1 fully saturated rings. The first-order valence-electron chi connectivity index (χ1n) is 3.13. The number of hydrogen-bond acceptors (Lipinski definition) is 2. The Hall–Kier alpha value is 0.170. The van der Waals surface area contributed by atoms with Crippen LogP contribution in [0.5, 0.6) is 0 Å². The Morgan fingerprint density at radius 1 is 1.40 bits per heavy atom. The van der Waals surface area contributed by atoms with Crippen molar-refractivity contribution in [1.82, 2.24) is 0 Å². The van der Waals surface area contributed by atoms with Gasteiger partial charge in [-0.25, -0.2) is 0 Å². The first kappa shape index (κ1) is 10.2. The van der Waals surface area contributed by atoms with E-state index < -0.39 is 0 Å². The summed E-state index contributed by atoms with van der Waals surface area (Å²) in [5.41, 5.74) is 0. The summed E-state index contributed by atoms with van der Waals surface area (Å²) in [4.78, 5) is 0. The van der Waals surface area contributed by atoms with Crippen LogP contribution in [0.25, 0.3) is 0 Å². The van der Waals surface area contributed by atoms with Crippen LogP contribution in [-0.2, 0) is 4.74 Å². The summed E-state index contributed by atoms with van der Waals surface area (Å²) in [6.45, 7) is 0.153. The van der Waals surface area contributed by atoms with E-state index in [-0.39, 0.29) is 31.3 Å². The maximum absolute atomic E-state index is 8.60. The average molecular weight is 168 g/mol. The molecule has 1 N–H and O–H groups in total. The largest absolute Gasteiger partial charge is 1.00 e. The maximum atomic E-state index is 8.60. The van der Waals surface area contributed by atoms with E-state index in [4.69, 9.17) is 9.84 Å². The summed E-state index contributed by atoms with van der Waals surface area (Å²) in [6, 6.07) is 0. The summed E-state index contributed by atoms with van der Waals surface area (Å²) >= 11 is 0. The third kappa shape index (κ3) is 2.09. The second-order valence-electron chi connectivity index (χ2n) is 3.36. The highest BCUT2D eigenvalue weighted by atomic mass is 35.5. The van der Waals surface area contributed by atoms with E-state index in [0.29, 0.717) is 0 Å². The zero-order valence-corrected chi connectivity index (χ0v) is 7.30. The van der Waals surface area contributed by atoms with Crippen molar-refractivity contribution in [3.63, 3.8) is 0 Å². The van der Waals surface area contributed by atoms with Gasteiger partial charge < -0.3 is 26.7 Å². The first-order valence-corrected chi connectivity index (χ1v) is 3.13. The van der Waals surface area contributed by atoms with Crippen molar-refractivity contribution >= 4 is 0 Å². The van der Waals surface area contributed by atoms with E-state index >= 15 is 0 Å². The fraction of sp³-hybridized carbons (Fsp3) is 1.00. The van der Waals surface area contributed by atoms with Gasteiger partial charge in [-0.15, -0.1) is 0 Å². The van der Waals surface area contributed by atoms with E-state index in [1.165, 1.54) is 0 Å². The number of ether oxygens (including phenoxy) is 1. The van der Waals surface area contributed by atoms with Crippen LogP contribution in [0.1, 0.15) is 0 Å². The third-order valence-electron chi connectivity index (χ3n) is 1.50. The molecule has 1 heterocycles. The minimum Gasteiger partial charge on any atom is -1.00 e. The zero-order chi connectivity index (χ0) is 7.07. The van der Waals surface area contributed by atoms with Gasteiger partial charge in [0, 0.05) is 0 Å². The second-order valence-corrected chi connectivity index (χ2v) is 3.36. The molecule has 0 aromatic carbocycles. The quantitative estimate of drug-likeness (QED) is 0.341. The number of quaternary nitrogens is 1. The molecule has 3 nitrogen and oxygen atoms in total. The van der Waals surface area contributed by atoms with Crippen LogP contribution >= 0.6 is 0 Å². The SMILES string of the molecule is C[N+](C)(C)C1OC1CO.[Cl-]. The predicted octanol–water partition coefficient (Wildman–Crippen LogP) is -3.59. The van der Waals surface area contributed by atoms with Crippen LogP contribution in [0.15, 0.2) is 0 Å². The Morgan fingerprint density at radius 3 is 2.00 bits per heavy atom. The number of aliphatic hydroxyl groups excluding tert-OH is 1.